The molecule has 2 aromatic heterocycles. The van der Waals surface area contributed by atoms with Crippen LogP contribution in [0.2, 0.25) is 0 Å². The van der Waals surface area contributed by atoms with Gasteiger partial charge in [0.2, 0.25) is 0 Å². The molecule has 8 heteroatoms. The molecular formula is C21H20N6O2. The number of anilines is 1. The Kier molecular flexibility index (Phi) is 3.94. The van der Waals surface area contributed by atoms with Gasteiger partial charge >= 0.3 is 5.91 Å². The van der Waals surface area contributed by atoms with Gasteiger partial charge in [0.15, 0.2) is 5.71 Å². The molecule has 1 N–H and O–H groups in total. The Hall–Kier alpha value is -3.55. The van der Waals surface area contributed by atoms with E-state index < -0.39 is 0 Å². The number of aryl methyl sites for hydroxylation is 3. The molecule has 0 saturated carbocycles. The topological polar surface area (TPSA) is 95.7 Å². The van der Waals surface area contributed by atoms with Gasteiger partial charge in [0.05, 0.1) is 16.8 Å². The lowest BCUT2D eigenvalue weighted by Crippen LogP contribution is -2.30. The number of nitrogens with zero attached hydrogens (tertiary/aromatic N) is 5. The Labute approximate surface area is 166 Å². The average Bonchev–Trinajstić information content (AvgIpc) is 3.23. The van der Waals surface area contributed by atoms with E-state index in [9.17, 15) is 9.59 Å². The van der Waals surface area contributed by atoms with Crippen molar-refractivity contribution in [3.8, 4) is 0 Å². The molecule has 8 nitrogen and oxygen atoms in total. The van der Waals surface area contributed by atoms with E-state index in [-0.39, 0.29) is 17.2 Å². The minimum absolute atomic E-state index is 0.143. The number of carbonyl (C=O) groups is 1. The van der Waals surface area contributed by atoms with Crippen molar-refractivity contribution >= 4 is 34.1 Å². The number of carbonyl (C=O) groups excluding carboxylic acids is 1. The van der Waals surface area contributed by atoms with Crippen LogP contribution in [0.3, 0.4) is 0 Å². The fraction of sp³-hybridized carbons (Fsp3) is 0.286. The first-order valence-corrected chi connectivity index (χ1v) is 9.71. The van der Waals surface area contributed by atoms with Crippen molar-refractivity contribution in [1.82, 2.24) is 14.6 Å². The third-order valence-corrected chi connectivity index (χ3v) is 5.45. The zero-order valence-corrected chi connectivity index (χ0v) is 16.3. The third-order valence-electron chi connectivity index (χ3n) is 5.45. The molecule has 1 amide bonds. The molecule has 0 atom stereocenters. The number of nitrogens with one attached hydrogen (secondary N) is 1. The van der Waals surface area contributed by atoms with Gasteiger partial charge in [0, 0.05) is 5.69 Å². The van der Waals surface area contributed by atoms with Gasteiger partial charge in [-0.05, 0) is 57.2 Å². The summed E-state index contributed by atoms with van der Waals surface area (Å²) in [6.45, 7) is 3.43. The standard InChI is InChI=1S/C21H20N6O2/c1-12-18(21(29)27(24-12)14-8-4-3-5-9-14)25-26-13(2)22-19-17(20(26)28)15-10-6-7-11-16(15)23-19/h3-5,8-9,23H,6-7,10-11H2,1-2H3/b25-18+. The summed E-state index contributed by atoms with van der Waals surface area (Å²) in [6.07, 6.45) is 3.94. The maximum absolute atomic E-state index is 13.3. The summed E-state index contributed by atoms with van der Waals surface area (Å²) >= 11 is 0. The second-order valence-corrected chi connectivity index (χ2v) is 7.38. The van der Waals surface area contributed by atoms with Crippen LogP contribution in [-0.4, -0.2) is 32.0 Å². The van der Waals surface area contributed by atoms with E-state index in [1.54, 1.807) is 26.0 Å². The molecule has 0 spiro atoms. The number of para-hydroxylation sites is 1. The van der Waals surface area contributed by atoms with Gasteiger partial charge in [-0.1, -0.05) is 18.2 Å². The number of benzene rings is 1. The maximum atomic E-state index is 13.3. The number of rotatable bonds is 2. The monoisotopic (exact) mass is 388 g/mol. The predicted molar refractivity (Wildman–Crippen MR) is 112 cm³/mol. The van der Waals surface area contributed by atoms with Crippen LogP contribution in [0.15, 0.2) is 45.3 Å². The van der Waals surface area contributed by atoms with Crippen LogP contribution < -0.4 is 10.6 Å². The van der Waals surface area contributed by atoms with Gasteiger partial charge in [0.1, 0.15) is 11.5 Å². The van der Waals surface area contributed by atoms with Crippen molar-refractivity contribution in [3.05, 3.63) is 57.8 Å². The quantitative estimate of drug-likeness (QED) is 0.731. The van der Waals surface area contributed by atoms with Crippen LogP contribution in [0.25, 0.3) is 11.0 Å². The van der Waals surface area contributed by atoms with Crippen LogP contribution in [0.1, 0.15) is 36.8 Å². The SMILES string of the molecule is CC1=NN(c2ccccc2)C(=O)/C1=N/n1c(C)nc2[nH]c3c(c2c1=O)CCCC3. The van der Waals surface area contributed by atoms with E-state index in [0.717, 1.165) is 36.9 Å². The number of amides is 1. The number of aromatic nitrogens is 3. The molecule has 2 aliphatic rings. The van der Waals surface area contributed by atoms with Gasteiger partial charge in [-0.3, -0.25) is 9.59 Å². The third kappa shape index (κ3) is 2.71. The van der Waals surface area contributed by atoms with Crippen LogP contribution in [0.4, 0.5) is 5.69 Å². The zero-order valence-electron chi connectivity index (χ0n) is 16.3. The Bertz CT molecular complexity index is 1270. The number of fused-ring (bicyclic) bond motifs is 3. The highest BCUT2D eigenvalue weighted by Gasteiger charge is 2.31. The lowest BCUT2D eigenvalue weighted by atomic mass is 9.96. The molecule has 0 saturated heterocycles. The van der Waals surface area contributed by atoms with E-state index in [1.165, 1.54) is 9.69 Å². The minimum Gasteiger partial charge on any atom is -0.343 e. The summed E-state index contributed by atoms with van der Waals surface area (Å²) in [5.41, 5.74) is 3.73. The summed E-state index contributed by atoms with van der Waals surface area (Å²) in [7, 11) is 0. The van der Waals surface area contributed by atoms with E-state index >= 15 is 0 Å². The summed E-state index contributed by atoms with van der Waals surface area (Å²) in [5.74, 6) is 0.0588. The number of hydrazone groups is 1. The Morgan fingerprint density at radius 2 is 1.83 bits per heavy atom. The van der Waals surface area contributed by atoms with E-state index in [2.05, 4.69) is 20.2 Å². The highest BCUT2D eigenvalue weighted by atomic mass is 16.2. The molecule has 5 rings (SSSR count). The fourth-order valence-electron chi connectivity index (χ4n) is 4.02. The summed E-state index contributed by atoms with van der Waals surface area (Å²) in [5, 5.41) is 10.6. The fourth-order valence-corrected chi connectivity index (χ4v) is 4.02. The number of hydrogen-bond acceptors (Lipinski definition) is 5. The van der Waals surface area contributed by atoms with Crippen molar-refractivity contribution in [2.75, 3.05) is 5.01 Å². The van der Waals surface area contributed by atoms with Gasteiger partial charge in [-0.15, -0.1) is 0 Å². The number of hydrogen-bond donors (Lipinski definition) is 1. The van der Waals surface area contributed by atoms with Crippen molar-refractivity contribution in [2.45, 2.75) is 39.5 Å². The van der Waals surface area contributed by atoms with Gasteiger partial charge in [0.25, 0.3) is 5.56 Å². The molecule has 3 heterocycles. The molecule has 29 heavy (non-hydrogen) atoms. The normalized spacial score (nSPS) is 17.9. The first-order valence-electron chi connectivity index (χ1n) is 9.71. The Morgan fingerprint density at radius 3 is 2.62 bits per heavy atom. The van der Waals surface area contributed by atoms with Crippen molar-refractivity contribution in [1.29, 1.82) is 0 Å². The van der Waals surface area contributed by atoms with Gasteiger partial charge in [-0.2, -0.15) is 19.9 Å². The summed E-state index contributed by atoms with van der Waals surface area (Å²) in [4.78, 5) is 34.0. The van der Waals surface area contributed by atoms with Crippen molar-refractivity contribution in [3.63, 3.8) is 0 Å². The molecular weight excluding hydrogens is 368 g/mol. The smallest absolute Gasteiger partial charge is 0.301 e. The van der Waals surface area contributed by atoms with Crippen molar-refractivity contribution in [2.24, 2.45) is 10.2 Å². The van der Waals surface area contributed by atoms with Crippen LogP contribution >= 0.6 is 0 Å². The Morgan fingerprint density at radius 1 is 1.07 bits per heavy atom. The molecule has 0 radical (unpaired) electrons. The minimum atomic E-state index is -0.365. The lowest BCUT2D eigenvalue weighted by Gasteiger charge is -2.11. The molecule has 1 aliphatic carbocycles. The van der Waals surface area contributed by atoms with Crippen LogP contribution in [0.5, 0.6) is 0 Å². The molecule has 146 valence electrons. The van der Waals surface area contributed by atoms with Gasteiger partial charge in [-0.25, -0.2) is 4.98 Å². The van der Waals surface area contributed by atoms with E-state index in [0.29, 0.717) is 28.3 Å². The second kappa shape index (κ2) is 6.51. The molecule has 0 fully saturated rings. The average molecular weight is 388 g/mol. The maximum Gasteiger partial charge on any atom is 0.301 e. The molecule has 0 unspecified atom stereocenters. The summed E-state index contributed by atoms with van der Waals surface area (Å²) in [6, 6.07) is 9.15. The Balaban J connectivity index is 1.63. The second-order valence-electron chi connectivity index (χ2n) is 7.38. The molecule has 1 aromatic carbocycles. The highest BCUT2D eigenvalue weighted by Crippen LogP contribution is 2.26. The van der Waals surface area contributed by atoms with Crippen LogP contribution in [-0.2, 0) is 17.6 Å². The first-order chi connectivity index (χ1) is 14.0. The zero-order chi connectivity index (χ0) is 20.1. The number of H-pyrrole nitrogens is 1. The summed E-state index contributed by atoms with van der Waals surface area (Å²) < 4.78 is 1.23. The molecule has 3 aromatic rings. The van der Waals surface area contributed by atoms with E-state index in [1.807, 2.05) is 18.2 Å². The lowest BCUT2D eigenvalue weighted by molar-refractivity contribution is -0.112. The largest absolute Gasteiger partial charge is 0.343 e. The highest BCUT2D eigenvalue weighted by molar-refractivity contribution is 6.71. The van der Waals surface area contributed by atoms with Crippen LogP contribution in [0, 0.1) is 6.92 Å². The molecule has 1 aliphatic heterocycles. The van der Waals surface area contributed by atoms with Crippen molar-refractivity contribution < 1.29 is 4.79 Å². The van der Waals surface area contributed by atoms with Gasteiger partial charge < -0.3 is 4.98 Å². The first kappa shape index (κ1) is 17.5. The molecule has 0 bridgehead atoms. The number of aromatic amines is 1. The predicted octanol–water partition coefficient (Wildman–Crippen LogP) is 2.54. The van der Waals surface area contributed by atoms with E-state index in [4.69, 9.17) is 0 Å².